The first-order valence-corrected chi connectivity index (χ1v) is 11.4. The van der Waals surface area contributed by atoms with E-state index in [0.717, 1.165) is 61.1 Å². The van der Waals surface area contributed by atoms with Crippen LogP contribution in [0.1, 0.15) is 60.5 Å². The van der Waals surface area contributed by atoms with E-state index in [2.05, 4.69) is 25.9 Å². The SMILES string of the molecule is Cc1noc(C)c1-c1ccc(NC(=O)[C@@H](NC(=O)c2ccnn2C)C2CCCCCC2)nc1. The number of rotatable bonds is 6. The van der Waals surface area contributed by atoms with Crippen LogP contribution in [0.4, 0.5) is 5.82 Å². The second-order valence-corrected chi connectivity index (χ2v) is 8.66. The zero-order valence-corrected chi connectivity index (χ0v) is 19.3. The number of anilines is 1. The van der Waals surface area contributed by atoms with E-state index >= 15 is 0 Å². The molecule has 0 radical (unpaired) electrons. The molecule has 1 aliphatic rings. The molecule has 1 aliphatic carbocycles. The minimum atomic E-state index is -0.644. The Balaban J connectivity index is 1.52. The molecule has 1 atom stereocenters. The van der Waals surface area contributed by atoms with Crippen molar-refractivity contribution in [2.24, 2.45) is 13.0 Å². The molecule has 0 saturated heterocycles. The molecule has 1 fully saturated rings. The summed E-state index contributed by atoms with van der Waals surface area (Å²) in [5, 5.41) is 13.9. The van der Waals surface area contributed by atoms with Gasteiger partial charge in [0.25, 0.3) is 5.91 Å². The van der Waals surface area contributed by atoms with Crippen molar-refractivity contribution in [3.8, 4) is 11.1 Å². The average Bonchev–Trinajstić information content (AvgIpc) is 3.26. The van der Waals surface area contributed by atoms with Crippen molar-refractivity contribution in [2.75, 3.05) is 5.32 Å². The Bertz CT molecular complexity index is 1090. The van der Waals surface area contributed by atoms with Gasteiger partial charge in [0.05, 0.1) is 5.69 Å². The summed E-state index contributed by atoms with van der Waals surface area (Å²) in [6.45, 7) is 3.73. The van der Waals surface area contributed by atoms with Gasteiger partial charge in [-0.1, -0.05) is 30.8 Å². The van der Waals surface area contributed by atoms with Crippen molar-refractivity contribution >= 4 is 17.6 Å². The van der Waals surface area contributed by atoms with Crippen molar-refractivity contribution < 1.29 is 14.1 Å². The van der Waals surface area contributed by atoms with Crippen molar-refractivity contribution in [1.29, 1.82) is 0 Å². The topological polar surface area (TPSA) is 115 Å². The number of nitrogens with zero attached hydrogens (tertiary/aromatic N) is 4. The molecule has 0 unspecified atom stereocenters. The van der Waals surface area contributed by atoms with Gasteiger partial charge in [0.15, 0.2) is 0 Å². The highest BCUT2D eigenvalue weighted by atomic mass is 16.5. The molecule has 4 rings (SSSR count). The molecular formula is C24H30N6O3. The van der Waals surface area contributed by atoms with Gasteiger partial charge in [-0.15, -0.1) is 0 Å². The molecule has 0 aromatic carbocycles. The minimum Gasteiger partial charge on any atom is -0.361 e. The Morgan fingerprint density at radius 2 is 1.88 bits per heavy atom. The molecule has 3 aromatic heterocycles. The molecule has 174 valence electrons. The zero-order chi connectivity index (χ0) is 23.4. The summed E-state index contributed by atoms with van der Waals surface area (Å²) in [5.41, 5.74) is 2.98. The Hall–Kier alpha value is -3.49. The van der Waals surface area contributed by atoms with Crippen molar-refractivity contribution in [3.63, 3.8) is 0 Å². The Morgan fingerprint density at radius 3 is 2.45 bits per heavy atom. The molecule has 3 aromatic rings. The summed E-state index contributed by atoms with van der Waals surface area (Å²) in [5.74, 6) is 0.670. The molecule has 0 bridgehead atoms. The summed E-state index contributed by atoms with van der Waals surface area (Å²) in [6, 6.07) is 4.64. The fraction of sp³-hybridized carbons (Fsp3) is 0.458. The van der Waals surface area contributed by atoms with E-state index < -0.39 is 6.04 Å². The fourth-order valence-electron chi connectivity index (χ4n) is 4.57. The zero-order valence-electron chi connectivity index (χ0n) is 19.3. The largest absolute Gasteiger partial charge is 0.361 e. The van der Waals surface area contributed by atoms with E-state index in [9.17, 15) is 9.59 Å². The van der Waals surface area contributed by atoms with Gasteiger partial charge in [-0.3, -0.25) is 14.3 Å². The predicted octanol–water partition coefficient (Wildman–Crippen LogP) is 3.79. The lowest BCUT2D eigenvalue weighted by Gasteiger charge is -2.26. The third kappa shape index (κ3) is 5.13. The highest BCUT2D eigenvalue weighted by Gasteiger charge is 2.31. The van der Waals surface area contributed by atoms with E-state index in [4.69, 9.17) is 4.52 Å². The van der Waals surface area contributed by atoms with Crippen LogP contribution in [0.3, 0.4) is 0 Å². The first-order chi connectivity index (χ1) is 15.9. The van der Waals surface area contributed by atoms with Crippen molar-refractivity contribution in [3.05, 3.63) is 47.7 Å². The highest BCUT2D eigenvalue weighted by molar-refractivity contribution is 6.00. The van der Waals surface area contributed by atoms with Gasteiger partial charge in [-0.2, -0.15) is 5.10 Å². The molecule has 1 saturated carbocycles. The lowest BCUT2D eigenvalue weighted by molar-refractivity contribution is -0.119. The predicted molar refractivity (Wildman–Crippen MR) is 123 cm³/mol. The van der Waals surface area contributed by atoms with Crippen LogP contribution in [0.25, 0.3) is 11.1 Å². The lowest BCUT2D eigenvalue weighted by Crippen LogP contribution is -2.49. The number of carbonyl (C=O) groups is 2. The number of aryl methyl sites for hydroxylation is 3. The summed E-state index contributed by atoms with van der Waals surface area (Å²) >= 11 is 0. The summed E-state index contributed by atoms with van der Waals surface area (Å²) in [4.78, 5) is 30.6. The molecule has 0 aliphatic heterocycles. The van der Waals surface area contributed by atoms with Crippen LogP contribution in [0.15, 0.2) is 35.1 Å². The quantitative estimate of drug-likeness (QED) is 0.552. The number of aromatic nitrogens is 4. The van der Waals surface area contributed by atoms with Gasteiger partial charge >= 0.3 is 0 Å². The van der Waals surface area contributed by atoms with Crippen LogP contribution in [-0.4, -0.2) is 37.8 Å². The molecule has 33 heavy (non-hydrogen) atoms. The fourth-order valence-corrected chi connectivity index (χ4v) is 4.57. The van der Waals surface area contributed by atoms with Crippen LogP contribution in [-0.2, 0) is 11.8 Å². The van der Waals surface area contributed by atoms with Gasteiger partial charge in [-0.25, -0.2) is 4.98 Å². The third-order valence-electron chi connectivity index (χ3n) is 6.33. The van der Waals surface area contributed by atoms with Crippen LogP contribution < -0.4 is 10.6 Å². The summed E-state index contributed by atoms with van der Waals surface area (Å²) in [6.07, 6.45) is 9.50. The van der Waals surface area contributed by atoms with Crippen molar-refractivity contribution in [2.45, 2.75) is 58.4 Å². The smallest absolute Gasteiger partial charge is 0.270 e. The van der Waals surface area contributed by atoms with E-state index in [1.165, 1.54) is 4.68 Å². The van der Waals surface area contributed by atoms with Crippen molar-refractivity contribution in [1.82, 2.24) is 25.2 Å². The number of amides is 2. The van der Waals surface area contributed by atoms with E-state index in [1.54, 1.807) is 31.6 Å². The number of hydrogen-bond donors (Lipinski definition) is 2. The number of pyridine rings is 1. The first kappa shape index (κ1) is 22.7. The monoisotopic (exact) mass is 450 g/mol. The standard InChI is InChI=1S/C24H30N6O3/c1-15-21(16(2)33-29-15)18-10-11-20(25-14-18)27-24(32)22(17-8-6-4-5-7-9-17)28-23(31)19-12-13-26-30(19)3/h10-14,17,22H,4-9H2,1-3H3,(H,28,31)(H,25,27,32)/t22-/m0/s1. The lowest BCUT2D eigenvalue weighted by atomic mass is 9.91. The van der Waals surface area contributed by atoms with Gasteiger partial charge in [-0.05, 0) is 50.8 Å². The van der Waals surface area contributed by atoms with Gasteiger partial charge < -0.3 is 15.2 Å². The number of carbonyl (C=O) groups excluding carboxylic acids is 2. The summed E-state index contributed by atoms with van der Waals surface area (Å²) in [7, 11) is 1.71. The Kier molecular flexibility index (Phi) is 6.86. The molecule has 0 spiro atoms. The van der Waals surface area contributed by atoms with Crippen LogP contribution >= 0.6 is 0 Å². The number of hydrogen-bond acceptors (Lipinski definition) is 6. The average molecular weight is 451 g/mol. The maximum Gasteiger partial charge on any atom is 0.270 e. The van der Waals surface area contributed by atoms with Crippen LogP contribution in [0, 0.1) is 19.8 Å². The Morgan fingerprint density at radius 1 is 1.12 bits per heavy atom. The molecule has 3 heterocycles. The molecule has 2 amide bonds. The highest BCUT2D eigenvalue weighted by Crippen LogP contribution is 2.28. The summed E-state index contributed by atoms with van der Waals surface area (Å²) < 4.78 is 6.74. The second-order valence-electron chi connectivity index (χ2n) is 8.66. The van der Waals surface area contributed by atoms with E-state index in [-0.39, 0.29) is 17.7 Å². The third-order valence-corrected chi connectivity index (χ3v) is 6.33. The van der Waals surface area contributed by atoms with Gasteiger partial charge in [0, 0.05) is 30.6 Å². The maximum atomic E-state index is 13.3. The molecule has 9 nitrogen and oxygen atoms in total. The normalized spacial score (nSPS) is 15.6. The van der Waals surface area contributed by atoms with Crippen LogP contribution in [0.5, 0.6) is 0 Å². The second kappa shape index (κ2) is 9.97. The van der Waals surface area contributed by atoms with Crippen LogP contribution in [0.2, 0.25) is 0 Å². The Labute approximate surface area is 192 Å². The molecule has 9 heteroatoms. The maximum absolute atomic E-state index is 13.3. The first-order valence-electron chi connectivity index (χ1n) is 11.4. The number of nitrogens with one attached hydrogen (secondary N) is 2. The van der Waals surface area contributed by atoms with Gasteiger partial charge in [0.2, 0.25) is 5.91 Å². The van der Waals surface area contributed by atoms with E-state index in [0.29, 0.717) is 11.5 Å². The van der Waals surface area contributed by atoms with Gasteiger partial charge in [0.1, 0.15) is 23.3 Å². The molecule has 2 N–H and O–H groups in total. The van der Waals surface area contributed by atoms with E-state index in [1.807, 2.05) is 19.9 Å². The minimum absolute atomic E-state index is 0.0752. The molecular weight excluding hydrogens is 420 g/mol.